The highest BCUT2D eigenvalue weighted by molar-refractivity contribution is 6.30. The number of hydrogen-bond donors (Lipinski definition) is 2. The van der Waals surface area contributed by atoms with Gasteiger partial charge in [-0.2, -0.15) is 0 Å². The first-order valence-electron chi connectivity index (χ1n) is 12.3. The predicted molar refractivity (Wildman–Crippen MR) is 141 cm³/mol. The molecule has 1 aromatic heterocycles. The van der Waals surface area contributed by atoms with Crippen LogP contribution in [0.25, 0.3) is 10.9 Å². The molecule has 2 heterocycles. The van der Waals surface area contributed by atoms with E-state index in [0.717, 1.165) is 29.4 Å². The summed E-state index contributed by atoms with van der Waals surface area (Å²) in [4.78, 5) is 18.1. The van der Waals surface area contributed by atoms with Gasteiger partial charge in [0.25, 0.3) is 0 Å². The summed E-state index contributed by atoms with van der Waals surface area (Å²) in [5.41, 5.74) is 2.09. The van der Waals surface area contributed by atoms with E-state index in [1.165, 1.54) is 12.1 Å². The Labute approximate surface area is 221 Å². The smallest absolute Gasteiger partial charge is 0.303 e. The summed E-state index contributed by atoms with van der Waals surface area (Å²) in [7, 11) is 1.60. The number of likely N-dealkylation sites (tertiary alicyclic amines) is 1. The van der Waals surface area contributed by atoms with Gasteiger partial charge in [0.05, 0.1) is 25.3 Å². The Balaban J connectivity index is 1.39. The van der Waals surface area contributed by atoms with Gasteiger partial charge >= 0.3 is 5.97 Å². The number of hydrogen-bond acceptors (Lipinski definition) is 5. The average molecular weight is 525 g/mol. The number of benzene rings is 2. The lowest BCUT2D eigenvalue weighted by Gasteiger charge is -2.37. The van der Waals surface area contributed by atoms with E-state index >= 15 is 0 Å². The van der Waals surface area contributed by atoms with Gasteiger partial charge in [-0.1, -0.05) is 23.4 Å². The fourth-order valence-electron chi connectivity index (χ4n) is 5.11. The number of ether oxygens (including phenoxy) is 1. The number of rotatable bonds is 8. The van der Waals surface area contributed by atoms with Crippen molar-refractivity contribution in [1.82, 2.24) is 9.88 Å². The highest BCUT2D eigenvalue weighted by atomic mass is 35.5. The highest BCUT2D eigenvalue weighted by Gasteiger charge is 2.31. The minimum Gasteiger partial charge on any atom is -0.497 e. The molecule has 1 aliphatic rings. The second kappa shape index (κ2) is 12.4. The van der Waals surface area contributed by atoms with Gasteiger partial charge in [-0.3, -0.25) is 14.7 Å². The van der Waals surface area contributed by atoms with Crippen molar-refractivity contribution in [3.8, 4) is 17.6 Å². The van der Waals surface area contributed by atoms with E-state index < -0.39 is 17.9 Å². The molecular formula is C29H30ClFN2O4. The van der Waals surface area contributed by atoms with Crippen LogP contribution in [0.3, 0.4) is 0 Å². The van der Waals surface area contributed by atoms with Crippen molar-refractivity contribution in [3.05, 3.63) is 70.6 Å². The number of aliphatic carboxylic acids is 1. The Hall–Kier alpha value is -3.18. The Morgan fingerprint density at radius 1 is 1.27 bits per heavy atom. The van der Waals surface area contributed by atoms with E-state index in [1.54, 1.807) is 19.4 Å². The molecule has 1 fully saturated rings. The van der Waals surface area contributed by atoms with Gasteiger partial charge in [0, 0.05) is 35.1 Å². The summed E-state index contributed by atoms with van der Waals surface area (Å²) in [5.74, 6) is 5.58. The molecule has 194 valence electrons. The standard InChI is InChI=1S/C29H30ClFN2O4/c1-37-24-5-6-27-26(17-24)25(8-10-32-27)28(34)7-4-20-9-12-33(18-21(20)15-29(35)36)11-2-3-19-13-22(30)16-23(31)14-19/h5-6,8,10,13-14,16-17,20-21,28,34H,4,7,9,11-12,15,18H2,1H3,(H,35,36)/t20-,21+,28?/m1/s1. The number of carboxylic acid groups (broad SMARTS) is 1. The molecule has 2 aromatic carbocycles. The molecule has 4 rings (SSSR count). The first-order valence-corrected chi connectivity index (χ1v) is 12.7. The number of carboxylic acids is 1. The fourth-order valence-corrected chi connectivity index (χ4v) is 5.33. The monoisotopic (exact) mass is 524 g/mol. The first-order chi connectivity index (χ1) is 17.8. The summed E-state index contributed by atoms with van der Waals surface area (Å²) in [6, 6.07) is 11.6. The molecule has 1 aliphatic heterocycles. The number of halogens is 2. The predicted octanol–water partition coefficient (Wildman–Crippen LogP) is 5.31. The van der Waals surface area contributed by atoms with Crippen molar-refractivity contribution in [2.75, 3.05) is 26.7 Å². The normalized spacial score (nSPS) is 18.7. The van der Waals surface area contributed by atoms with Gasteiger partial charge in [-0.05, 0) is 85.7 Å². The van der Waals surface area contributed by atoms with E-state index in [4.69, 9.17) is 16.3 Å². The van der Waals surface area contributed by atoms with Crippen LogP contribution >= 0.6 is 11.6 Å². The van der Waals surface area contributed by atoms with Crippen molar-refractivity contribution >= 4 is 28.5 Å². The zero-order valence-corrected chi connectivity index (χ0v) is 21.4. The quantitative estimate of drug-likeness (QED) is 0.388. The van der Waals surface area contributed by atoms with Crippen LogP contribution in [0.1, 0.15) is 42.9 Å². The molecule has 0 aliphatic carbocycles. The number of aromatic nitrogens is 1. The molecule has 0 bridgehead atoms. The SMILES string of the molecule is COc1ccc2nccc(C(O)CC[C@@H]3CCN(CC#Cc4cc(F)cc(Cl)c4)C[C@@H]3CC(=O)O)c2c1. The molecule has 8 heteroatoms. The van der Waals surface area contributed by atoms with Crippen molar-refractivity contribution in [2.24, 2.45) is 11.8 Å². The number of carbonyl (C=O) groups is 1. The topological polar surface area (TPSA) is 82.9 Å². The van der Waals surface area contributed by atoms with E-state index in [-0.39, 0.29) is 18.3 Å². The largest absolute Gasteiger partial charge is 0.497 e. The average Bonchev–Trinajstić information content (AvgIpc) is 2.86. The van der Waals surface area contributed by atoms with Crippen LogP contribution in [0.2, 0.25) is 5.02 Å². The summed E-state index contributed by atoms with van der Waals surface area (Å²) in [5, 5.41) is 21.7. The highest BCUT2D eigenvalue weighted by Crippen LogP contribution is 2.34. The van der Waals surface area contributed by atoms with Crippen LogP contribution in [0.5, 0.6) is 5.75 Å². The van der Waals surface area contributed by atoms with E-state index in [1.807, 2.05) is 24.3 Å². The molecule has 0 spiro atoms. The van der Waals surface area contributed by atoms with E-state index in [0.29, 0.717) is 42.3 Å². The molecule has 6 nitrogen and oxygen atoms in total. The molecule has 1 unspecified atom stereocenters. The van der Waals surface area contributed by atoms with Crippen LogP contribution in [0, 0.1) is 29.5 Å². The number of methoxy groups -OCH3 is 1. The van der Waals surface area contributed by atoms with Crippen LogP contribution < -0.4 is 4.74 Å². The lowest BCUT2D eigenvalue weighted by Crippen LogP contribution is -2.41. The number of aliphatic hydroxyl groups excluding tert-OH is 1. The Morgan fingerprint density at radius 2 is 2.11 bits per heavy atom. The summed E-state index contributed by atoms with van der Waals surface area (Å²) in [6.45, 7) is 1.86. The molecule has 37 heavy (non-hydrogen) atoms. The number of piperidine rings is 1. The van der Waals surface area contributed by atoms with E-state index in [9.17, 15) is 19.4 Å². The zero-order valence-electron chi connectivity index (χ0n) is 20.7. The van der Waals surface area contributed by atoms with Gasteiger partial charge in [0.15, 0.2) is 0 Å². The maximum atomic E-state index is 13.5. The zero-order chi connectivity index (χ0) is 26.4. The molecule has 0 saturated carbocycles. The third-order valence-electron chi connectivity index (χ3n) is 6.96. The van der Waals surface area contributed by atoms with Gasteiger partial charge in [-0.25, -0.2) is 4.39 Å². The van der Waals surface area contributed by atoms with E-state index in [2.05, 4.69) is 21.7 Å². The lowest BCUT2D eigenvalue weighted by molar-refractivity contribution is -0.139. The maximum Gasteiger partial charge on any atom is 0.303 e. The van der Waals surface area contributed by atoms with Crippen LogP contribution in [0.15, 0.2) is 48.7 Å². The molecule has 0 radical (unpaired) electrons. The number of pyridine rings is 1. The first kappa shape index (κ1) is 26.9. The maximum absolute atomic E-state index is 13.5. The fraction of sp³-hybridized carbons (Fsp3) is 0.379. The molecule has 3 atom stereocenters. The van der Waals surface area contributed by atoms with Gasteiger partial charge in [0.2, 0.25) is 0 Å². The minimum atomic E-state index is -0.829. The van der Waals surface area contributed by atoms with Crippen molar-refractivity contribution in [2.45, 2.75) is 31.8 Å². The molecule has 3 aromatic rings. The van der Waals surface area contributed by atoms with Crippen LogP contribution in [-0.4, -0.2) is 52.8 Å². The lowest BCUT2D eigenvalue weighted by atomic mass is 9.79. The third kappa shape index (κ3) is 7.20. The van der Waals surface area contributed by atoms with Crippen molar-refractivity contribution < 1.29 is 24.1 Å². The number of aliphatic hydroxyl groups is 1. The molecule has 2 N–H and O–H groups in total. The third-order valence-corrected chi connectivity index (χ3v) is 7.18. The summed E-state index contributed by atoms with van der Waals surface area (Å²) < 4.78 is 18.9. The Morgan fingerprint density at radius 3 is 2.86 bits per heavy atom. The summed E-state index contributed by atoms with van der Waals surface area (Å²) >= 11 is 5.89. The molecular weight excluding hydrogens is 495 g/mol. The van der Waals surface area contributed by atoms with Gasteiger partial charge < -0.3 is 14.9 Å². The van der Waals surface area contributed by atoms with Gasteiger partial charge in [-0.15, -0.1) is 0 Å². The second-order valence-electron chi connectivity index (χ2n) is 9.48. The number of fused-ring (bicyclic) bond motifs is 1. The number of nitrogens with zero attached hydrogens (tertiary/aromatic N) is 2. The summed E-state index contributed by atoms with van der Waals surface area (Å²) in [6.07, 6.45) is 3.14. The van der Waals surface area contributed by atoms with Crippen molar-refractivity contribution in [1.29, 1.82) is 0 Å². The molecule has 1 saturated heterocycles. The van der Waals surface area contributed by atoms with Crippen LogP contribution in [0.4, 0.5) is 4.39 Å². The molecule has 0 amide bonds. The van der Waals surface area contributed by atoms with Crippen molar-refractivity contribution in [3.63, 3.8) is 0 Å². The Kier molecular flexibility index (Phi) is 8.99. The minimum absolute atomic E-state index is 0.0434. The second-order valence-corrected chi connectivity index (χ2v) is 9.91. The Bertz CT molecular complexity index is 1300. The van der Waals surface area contributed by atoms with Gasteiger partial charge in [0.1, 0.15) is 11.6 Å². The van der Waals surface area contributed by atoms with Crippen LogP contribution in [-0.2, 0) is 4.79 Å².